The predicted octanol–water partition coefficient (Wildman–Crippen LogP) is 4.12. The average molecular weight is 269 g/mol. The number of hydrogen-bond donors (Lipinski definition) is 1. The second-order valence-electron chi connectivity index (χ2n) is 5.92. The Morgan fingerprint density at radius 1 is 0.850 bits per heavy atom. The first kappa shape index (κ1) is 14.6. The Labute approximate surface area is 121 Å². The molecule has 0 fully saturated rings. The lowest BCUT2D eigenvalue weighted by molar-refractivity contribution is 0.291. The van der Waals surface area contributed by atoms with E-state index in [1.807, 2.05) is 18.2 Å². The highest BCUT2D eigenvalue weighted by Crippen LogP contribution is 2.21. The van der Waals surface area contributed by atoms with E-state index < -0.39 is 0 Å². The molecule has 0 amide bonds. The van der Waals surface area contributed by atoms with Crippen LogP contribution in [0, 0.1) is 0 Å². The third-order valence-electron chi connectivity index (χ3n) is 2.99. The Balaban J connectivity index is 1.86. The number of nitrogens with one attached hydrogen (secondary N) is 1. The van der Waals surface area contributed by atoms with E-state index >= 15 is 0 Å². The van der Waals surface area contributed by atoms with Crippen molar-refractivity contribution >= 4 is 0 Å². The molecule has 0 aliphatic rings. The molecule has 2 aromatic rings. The molecule has 2 heteroatoms. The van der Waals surface area contributed by atoms with Crippen molar-refractivity contribution in [2.24, 2.45) is 0 Å². The summed E-state index contributed by atoms with van der Waals surface area (Å²) in [6.07, 6.45) is 0. The second kappa shape index (κ2) is 6.58. The van der Waals surface area contributed by atoms with Gasteiger partial charge >= 0.3 is 0 Å². The lowest BCUT2D eigenvalue weighted by Crippen LogP contribution is -2.38. The van der Waals surface area contributed by atoms with E-state index in [4.69, 9.17) is 4.74 Å². The Hall–Kier alpha value is -1.80. The molecule has 0 spiro atoms. The van der Waals surface area contributed by atoms with E-state index in [0.717, 1.165) is 12.3 Å². The van der Waals surface area contributed by atoms with Gasteiger partial charge in [0.15, 0.2) is 0 Å². The summed E-state index contributed by atoms with van der Waals surface area (Å²) in [7, 11) is 0. The minimum absolute atomic E-state index is 0.139. The van der Waals surface area contributed by atoms with Crippen LogP contribution in [0.2, 0.25) is 0 Å². The molecule has 106 valence electrons. The van der Waals surface area contributed by atoms with Gasteiger partial charge < -0.3 is 10.1 Å². The van der Waals surface area contributed by atoms with Gasteiger partial charge in [-0.2, -0.15) is 0 Å². The molecule has 0 bridgehead atoms. The van der Waals surface area contributed by atoms with E-state index in [1.54, 1.807) is 0 Å². The molecule has 0 saturated carbocycles. The predicted molar refractivity (Wildman–Crippen MR) is 85.1 cm³/mol. The van der Waals surface area contributed by atoms with Crippen LogP contribution < -0.4 is 10.1 Å². The van der Waals surface area contributed by atoms with Gasteiger partial charge in [0, 0.05) is 12.1 Å². The number of benzene rings is 2. The van der Waals surface area contributed by atoms with E-state index in [9.17, 15) is 0 Å². The summed E-state index contributed by atoms with van der Waals surface area (Å²) in [5.41, 5.74) is 2.58. The van der Waals surface area contributed by atoms with E-state index in [2.05, 4.69) is 62.5 Å². The summed E-state index contributed by atoms with van der Waals surface area (Å²) in [6, 6.07) is 18.6. The van der Waals surface area contributed by atoms with Gasteiger partial charge in [-0.3, -0.25) is 0 Å². The van der Waals surface area contributed by atoms with Gasteiger partial charge in [-0.25, -0.2) is 0 Å². The fraction of sp³-hybridized carbons (Fsp3) is 0.333. The van der Waals surface area contributed by atoms with Crippen LogP contribution in [-0.4, -0.2) is 18.7 Å². The highest BCUT2D eigenvalue weighted by molar-refractivity contribution is 5.63. The van der Waals surface area contributed by atoms with Crippen LogP contribution in [0.25, 0.3) is 11.1 Å². The van der Waals surface area contributed by atoms with Gasteiger partial charge in [0.2, 0.25) is 0 Å². The third-order valence-corrected chi connectivity index (χ3v) is 2.99. The van der Waals surface area contributed by atoms with Crippen LogP contribution in [0.1, 0.15) is 20.8 Å². The topological polar surface area (TPSA) is 21.3 Å². The summed E-state index contributed by atoms with van der Waals surface area (Å²) >= 11 is 0. The first-order valence-electron chi connectivity index (χ1n) is 7.08. The van der Waals surface area contributed by atoms with Gasteiger partial charge in [-0.15, -0.1) is 0 Å². The molecule has 20 heavy (non-hydrogen) atoms. The Kier molecular flexibility index (Phi) is 4.80. The van der Waals surface area contributed by atoms with Crippen LogP contribution >= 0.6 is 0 Å². The summed E-state index contributed by atoms with van der Waals surface area (Å²) < 4.78 is 5.73. The zero-order valence-corrected chi connectivity index (χ0v) is 12.5. The standard InChI is InChI=1S/C18H23NO/c1-18(2,3)19-13-14-20-17-11-9-16(10-12-17)15-7-5-4-6-8-15/h4-12,19H,13-14H2,1-3H3. The maximum absolute atomic E-state index is 5.73. The maximum atomic E-state index is 5.73. The summed E-state index contributed by atoms with van der Waals surface area (Å²) in [6.45, 7) is 8.00. The SMILES string of the molecule is CC(C)(C)NCCOc1ccc(-c2ccccc2)cc1. The summed E-state index contributed by atoms with van der Waals surface area (Å²) in [5, 5.41) is 3.40. The molecule has 0 aromatic heterocycles. The van der Waals surface area contributed by atoms with Crippen LogP contribution in [0.3, 0.4) is 0 Å². The van der Waals surface area contributed by atoms with Crippen LogP contribution in [-0.2, 0) is 0 Å². The average Bonchev–Trinajstić information content (AvgIpc) is 2.44. The van der Waals surface area contributed by atoms with Crippen LogP contribution in [0.5, 0.6) is 5.75 Å². The van der Waals surface area contributed by atoms with Crippen LogP contribution in [0.4, 0.5) is 0 Å². The van der Waals surface area contributed by atoms with Crippen molar-refractivity contribution in [2.75, 3.05) is 13.2 Å². The monoisotopic (exact) mass is 269 g/mol. The van der Waals surface area contributed by atoms with Crippen LogP contribution in [0.15, 0.2) is 54.6 Å². The Morgan fingerprint density at radius 3 is 2.05 bits per heavy atom. The molecule has 0 heterocycles. The molecular weight excluding hydrogens is 246 g/mol. The molecule has 0 saturated heterocycles. The molecule has 0 unspecified atom stereocenters. The first-order chi connectivity index (χ1) is 9.54. The van der Waals surface area contributed by atoms with E-state index in [-0.39, 0.29) is 5.54 Å². The lowest BCUT2D eigenvalue weighted by atomic mass is 10.1. The van der Waals surface area contributed by atoms with Gasteiger partial charge in [-0.1, -0.05) is 42.5 Å². The number of hydrogen-bond acceptors (Lipinski definition) is 2. The van der Waals surface area contributed by atoms with Crippen molar-refractivity contribution in [3.05, 3.63) is 54.6 Å². The fourth-order valence-corrected chi connectivity index (χ4v) is 1.97. The molecule has 0 radical (unpaired) electrons. The van der Waals surface area contributed by atoms with Crippen molar-refractivity contribution in [2.45, 2.75) is 26.3 Å². The highest BCUT2D eigenvalue weighted by Gasteiger charge is 2.07. The van der Waals surface area contributed by atoms with Gasteiger partial charge in [-0.05, 0) is 44.0 Å². The molecule has 0 aliphatic carbocycles. The maximum Gasteiger partial charge on any atom is 0.119 e. The van der Waals surface area contributed by atoms with Gasteiger partial charge in [0.1, 0.15) is 12.4 Å². The van der Waals surface area contributed by atoms with E-state index in [0.29, 0.717) is 6.61 Å². The summed E-state index contributed by atoms with van der Waals surface area (Å²) in [5.74, 6) is 0.917. The Bertz CT molecular complexity index is 511. The molecule has 0 atom stereocenters. The van der Waals surface area contributed by atoms with Crippen molar-refractivity contribution < 1.29 is 4.74 Å². The van der Waals surface area contributed by atoms with Crippen molar-refractivity contribution in [3.63, 3.8) is 0 Å². The molecule has 2 nitrogen and oxygen atoms in total. The normalized spacial score (nSPS) is 11.3. The van der Waals surface area contributed by atoms with E-state index in [1.165, 1.54) is 11.1 Å². The zero-order valence-electron chi connectivity index (χ0n) is 12.5. The fourth-order valence-electron chi connectivity index (χ4n) is 1.97. The third kappa shape index (κ3) is 4.71. The largest absolute Gasteiger partial charge is 0.492 e. The van der Waals surface area contributed by atoms with Gasteiger partial charge in [0.25, 0.3) is 0 Å². The quantitative estimate of drug-likeness (QED) is 0.824. The van der Waals surface area contributed by atoms with Crippen molar-refractivity contribution in [3.8, 4) is 16.9 Å². The molecular formula is C18H23NO. The molecule has 0 aliphatic heterocycles. The number of rotatable bonds is 5. The highest BCUT2D eigenvalue weighted by atomic mass is 16.5. The zero-order chi connectivity index (χ0) is 14.4. The van der Waals surface area contributed by atoms with Gasteiger partial charge in [0.05, 0.1) is 0 Å². The second-order valence-corrected chi connectivity index (χ2v) is 5.92. The molecule has 1 N–H and O–H groups in total. The lowest BCUT2D eigenvalue weighted by Gasteiger charge is -2.20. The summed E-state index contributed by atoms with van der Waals surface area (Å²) in [4.78, 5) is 0. The first-order valence-corrected chi connectivity index (χ1v) is 7.08. The molecule has 2 rings (SSSR count). The smallest absolute Gasteiger partial charge is 0.119 e. The van der Waals surface area contributed by atoms with Crippen molar-refractivity contribution in [1.82, 2.24) is 5.32 Å². The Morgan fingerprint density at radius 2 is 1.45 bits per heavy atom. The minimum atomic E-state index is 0.139. The van der Waals surface area contributed by atoms with Crippen molar-refractivity contribution in [1.29, 1.82) is 0 Å². The molecule has 2 aromatic carbocycles. The number of ether oxygens (including phenoxy) is 1. The minimum Gasteiger partial charge on any atom is -0.492 e.